The van der Waals surface area contributed by atoms with E-state index in [1.807, 2.05) is 30.3 Å². The van der Waals surface area contributed by atoms with Gasteiger partial charge in [0.15, 0.2) is 0 Å². The number of rotatable bonds is 6. The monoisotopic (exact) mass is 268 g/mol. The first-order valence-corrected chi connectivity index (χ1v) is 6.62. The Morgan fingerprint density at radius 3 is 2.37 bits per heavy atom. The second kappa shape index (κ2) is 7.85. The summed E-state index contributed by atoms with van der Waals surface area (Å²) in [5.41, 5.74) is 3.87. The van der Waals surface area contributed by atoms with Gasteiger partial charge in [-0.25, -0.2) is 0 Å². The Kier molecular flexibility index (Phi) is 6.44. The maximum Gasteiger partial charge on any atom is 0.416 e. The van der Waals surface area contributed by atoms with Crippen LogP contribution in [-0.4, -0.2) is 6.18 Å². The highest BCUT2D eigenvalue weighted by Gasteiger charge is 2.22. The molecule has 0 nitrogen and oxygen atoms in total. The van der Waals surface area contributed by atoms with Gasteiger partial charge >= 0.3 is 6.18 Å². The van der Waals surface area contributed by atoms with Crippen LogP contribution >= 0.6 is 0 Å². The molecule has 0 spiro atoms. The number of allylic oxidation sites excluding steroid dienone is 1. The third-order valence-corrected chi connectivity index (χ3v) is 2.81. The van der Waals surface area contributed by atoms with Crippen molar-refractivity contribution in [3.05, 3.63) is 47.7 Å². The number of halogens is 3. The van der Waals surface area contributed by atoms with Gasteiger partial charge in [-0.1, -0.05) is 56.5 Å². The minimum atomic E-state index is -4.30. The number of unbranched alkanes of at least 4 members (excludes halogenated alkanes) is 3. The van der Waals surface area contributed by atoms with Gasteiger partial charge in [-0.05, 0) is 18.4 Å². The summed E-state index contributed by atoms with van der Waals surface area (Å²) in [6.45, 7) is 2.11. The standard InChI is InChI=1S/C16H19F3/c1-2-3-4-6-11-15(12-13-16(17,18)19)14-9-7-5-8-10-14/h5,7-10,13H,2-4,6,11H2,1H3. The van der Waals surface area contributed by atoms with Gasteiger partial charge in [-0.2, -0.15) is 13.2 Å². The first kappa shape index (κ1) is 15.6. The molecule has 0 N–H and O–H groups in total. The molecule has 1 rings (SSSR count). The average molecular weight is 268 g/mol. The summed E-state index contributed by atoms with van der Waals surface area (Å²) in [5.74, 6) is 0. The van der Waals surface area contributed by atoms with Gasteiger partial charge in [0.05, 0.1) is 6.08 Å². The van der Waals surface area contributed by atoms with Crippen LogP contribution in [0.25, 0.3) is 5.57 Å². The number of hydrogen-bond acceptors (Lipinski definition) is 0. The van der Waals surface area contributed by atoms with E-state index in [2.05, 4.69) is 12.7 Å². The van der Waals surface area contributed by atoms with Crippen molar-refractivity contribution >= 4 is 5.57 Å². The molecular formula is C16H19F3. The molecule has 0 heterocycles. The lowest BCUT2D eigenvalue weighted by Gasteiger charge is -2.05. The quantitative estimate of drug-likeness (QED) is 0.454. The van der Waals surface area contributed by atoms with E-state index in [0.29, 0.717) is 12.0 Å². The summed E-state index contributed by atoms with van der Waals surface area (Å²) in [5, 5.41) is 0. The molecule has 0 fully saturated rings. The predicted octanol–water partition coefficient (Wildman–Crippen LogP) is 5.76. The van der Waals surface area contributed by atoms with E-state index >= 15 is 0 Å². The predicted molar refractivity (Wildman–Crippen MR) is 72.7 cm³/mol. The van der Waals surface area contributed by atoms with Gasteiger partial charge in [0, 0.05) is 5.57 Å². The fraction of sp³-hybridized carbons (Fsp3) is 0.438. The lowest BCUT2D eigenvalue weighted by Crippen LogP contribution is -1.99. The molecule has 0 bridgehead atoms. The summed E-state index contributed by atoms with van der Waals surface area (Å²) in [6.07, 6.45) is 0.709. The van der Waals surface area contributed by atoms with Crippen molar-refractivity contribution in [2.45, 2.75) is 45.2 Å². The van der Waals surface area contributed by atoms with Crippen molar-refractivity contribution in [2.75, 3.05) is 0 Å². The Bertz CT molecular complexity index is 423. The summed E-state index contributed by atoms with van der Waals surface area (Å²) in [4.78, 5) is 0. The van der Waals surface area contributed by atoms with Gasteiger partial charge in [-0.3, -0.25) is 0 Å². The lowest BCUT2D eigenvalue weighted by molar-refractivity contribution is -0.0796. The third-order valence-electron chi connectivity index (χ3n) is 2.81. The Hall–Kier alpha value is -1.47. The highest BCUT2D eigenvalue weighted by Crippen LogP contribution is 2.22. The summed E-state index contributed by atoms with van der Waals surface area (Å²) >= 11 is 0. The molecule has 0 saturated carbocycles. The lowest BCUT2D eigenvalue weighted by atomic mass is 10.00. The normalized spacial score (nSPS) is 10.9. The second-order valence-electron chi connectivity index (χ2n) is 4.49. The Balaban J connectivity index is 2.83. The Morgan fingerprint density at radius 1 is 1.11 bits per heavy atom. The van der Waals surface area contributed by atoms with Gasteiger partial charge in [0.25, 0.3) is 0 Å². The van der Waals surface area contributed by atoms with Gasteiger partial charge in [0.1, 0.15) is 0 Å². The molecular weight excluding hydrogens is 249 g/mol. The van der Waals surface area contributed by atoms with E-state index < -0.39 is 6.18 Å². The average Bonchev–Trinajstić information content (AvgIpc) is 2.38. The Morgan fingerprint density at radius 2 is 1.79 bits per heavy atom. The van der Waals surface area contributed by atoms with Crippen molar-refractivity contribution in [1.82, 2.24) is 0 Å². The van der Waals surface area contributed by atoms with E-state index in [1.54, 1.807) is 0 Å². The summed E-state index contributed by atoms with van der Waals surface area (Å²) < 4.78 is 36.7. The highest BCUT2D eigenvalue weighted by atomic mass is 19.4. The molecule has 1 aromatic carbocycles. The molecule has 0 unspecified atom stereocenters. The molecule has 19 heavy (non-hydrogen) atoms. The minimum Gasteiger partial charge on any atom is -0.166 e. The Labute approximate surface area is 112 Å². The van der Waals surface area contributed by atoms with E-state index in [-0.39, 0.29) is 6.08 Å². The van der Waals surface area contributed by atoms with E-state index in [4.69, 9.17) is 0 Å². The first-order valence-electron chi connectivity index (χ1n) is 6.62. The van der Waals surface area contributed by atoms with Crippen molar-refractivity contribution < 1.29 is 13.2 Å². The van der Waals surface area contributed by atoms with E-state index in [1.165, 1.54) is 0 Å². The highest BCUT2D eigenvalue weighted by molar-refractivity contribution is 5.64. The van der Waals surface area contributed by atoms with Crippen molar-refractivity contribution in [2.24, 2.45) is 0 Å². The zero-order valence-corrected chi connectivity index (χ0v) is 11.1. The molecule has 0 atom stereocenters. The fourth-order valence-corrected chi connectivity index (χ4v) is 1.84. The van der Waals surface area contributed by atoms with Crippen LogP contribution in [-0.2, 0) is 0 Å². The molecule has 0 aliphatic carbocycles. The maximum absolute atomic E-state index is 12.2. The molecule has 3 heteroatoms. The third kappa shape index (κ3) is 6.88. The van der Waals surface area contributed by atoms with Crippen LogP contribution in [0, 0.1) is 0 Å². The largest absolute Gasteiger partial charge is 0.416 e. The SMILES string of the molecule is CCCCCCC(=C=CC(F)(F)F)c1ccccc1. The topological polar surface area (TPSA) is 0 Å². The van der Waals surface area contributed by atoms with Crippen LogP contribution in [0.2, 0.25) is 0 Å². The fourth-order valence-electron chi connectivity index (χ4n) is 1.84. The zero-order chi connectivity index (χ0) is 14.1. The number of hydrogen-bond donors (Lipinski definition) is 0. The van der Waals surface area contributed by atoms with Crippen LogP contribution in [0.4, 0.5) is 13.2 Å². The van der Waals surface area contributed by atoms with Crippen LogP contribution in [0.5, 0.6) is 0 Å². The molecule has 1 aromatic rings. The van der Waals surface area contributed by atoms with Gasteiger partial charge in [0.2, 0.25) is 0 Å². The molecule has 0 saturated heterocycles. The molecule has 104 valence electrons. The minimum absolute atomic E-state index is 0.204. The summed E-state index contributed by atoms with van der Waals surface area (Å²) in [7, 11) is 0. The van der Waals surface area contributed by atoms with Crippen LogP contribution in [0.3, 0.4) is 0 Å². The first-order chi connectivity index (χ1) is 9.03. The molecule has 0 aliphatic rings. The smallest absolute Gasteiger partial charge is 0.166 e. The van der Waals surface area contributed by atoms with Gasteiger partial charge in [-0.15, -0.1) is 5.73 Å². The molecule has 0 amide bonds. The molecule has 0 aromatic heterocycles. The number of alkyl halides is 3. The second-order valence-corrected chi connectivity index (χ2v) is 4.49. The summed E-state index contributed by atoms with van der Waals surface area (Å²) in [6, 6.07) is 9.16. The van der Waals surface area contributed by atoms with Crippen molar-refractivity contribution in [3.63, 3.8) is 0 Å². The zero-order valence-electron chi connectivity index (χ0n) is 11.1. The van der Waals surface area contributed by atoms with Gasteiger partial charge < -0.3 is 0 Å². The molecule has 0 radical (unpaired) electrons. The molecule has 0 aliphatic heterocycles. The van der Waals surface area contributed by atoms with Crippen LogP contribution < -0.4 is 0 Å². The maximum atomic E-state index is 12.2. The number of benzene rings is 1. The van der Waals surface area contributed by atoms with E-state index in [0.717, 1.165) is 31.2 Å². The van der Waals surface area contributed by atoms with Crippen molar-refractivity contribution in [3.8, 4) is 0 Å². The van der Waals surface area contributed by atoms with E-state index in [9.17, 15) is 13.2 Å². The van der Waals surface area contributed by atoms with Crippen LogP contribution in [0.1, 0.15) is 44.6 Å². The van der Waals surface area contributed by atoms with Crippen molar-refractivity contribution in [1.29, 1.82) is 0 Å². The van der Waals surface area contributed by atoms with Crippen LogP contribution in [0.15, 0.2) is 42.1 Å².